The van der Waals surface area contributed by atoms with E-state index in [0.717, 1.165) is 19.1 Å². The zero-order valence-electron chi connectivity index (χ0n) is 13.6. The summed E-state index contributed by atoms with van der Waals surface area (Å²) in [6.45, 7) is 4.62. The Balaban J connectivity index is 1.36. The van der Waals surface area contributed by atoms with Gasteiger partial charge in [-0.25, -0.2) is 4.79 Å². The van der Waals surface area contributed by atoms with Crippen LogP contribution in [0.3, 0.4) is 0 Å². The van der Waals surface area contributed by atoms with Gasteiger partial charge in [0.05, 0.1) is 0 Å². The van der Waals surface area contributed by atoms with Crippen molar-refractivity contribution in [1.29, 1.82) is 0 Å². The lowest BCUT2D eigenvalue weighted by Crippen LogP contribution is -2.41. The summed E-state index contributed by atoms with van der Waals surface area (Å²) in [6, 6.07) is 0.752. The van der Waals surface area contributed by atoms with Gasteiger partial charge in [0.2, 0.25) is 5.91 Å². The first-order valence-electron chi connectivity index (χ1n) is 8.64. The van der Waals surface area contributed by atoms with Crippen molar-refractivity contribution in [2.45, 2.75) is 38.1 Å². The molecule has 3 rings (SSSR count). The van der Waals surface area contributed by atoms with Crippen LogP contribution >= 0.6 is 0 Å². The Labute approximate surface area is 132 Å². The molecule has 2 saturated heterocycles. The minimum atomic E-state index is -0.0385. The van der Waals surface area contributed by atoms with Gasteiger partial charge in [0.1, 0.15) is 6.54 Å². The number of carbonyl (C=O) groups is 2. The quantitative estimate of drug-likeness (QED) is 0.815. The van der Waals surface area contributed by atoms with Gasteiger partial charge < -0.3 is 20.0 Å². The number of amides is 3. The summed E-state index contributed by atoms with van der Waals surface area (Å²) in [6.07, 6.45) is 6.64. The van der Waals surface area contributed by atoms with E-state index in [0.29, 0.717) is 19.0 Å². The van der Waals surface area contributed by atoms with E-state index in [-0.39, 0.29) is 18.5 Å². The van der Waals surface area contributed by atoms with Gasteiger partial charge in [-0.2, -0.15) is 0 Å². The van der Waals surface area contributed by atoms with E-state index < -0.39 is 0 Å². The molecule has 0 aromatic rings. The van der Waals surface area contributed by atoms with Crippen molar-refractivity contribution < 1.29 is 9.59 Å². The molecule has 124 valence electrons. The fraction of sp³-hybridized carbons (Fsp3) is 0.875. The Hall–Kier alpha value is -1.30. The van der Waals surface area contributed by atoms with Gasteiger partial charge in [0, 0.05) is 39.3 Å². The maximum atomic E-state index is 12.0. The zero-order chi connectivity index (χ0) is 15.5. The Morgan fingerprint density at radius 2 is 1.95 bits per heavy atom. The van der Waals surface area contributed by atoms with Crippen LogP contribution in [0.25, 0.3) is 0 Å². The Bertz CT molecular complexity index is 422. The van der Waals surface area contributed by atoms with Crippen molar-refractivity contribution in [2.75, 3.05) is 46.3 Å². The van der Waals surface area contributed by atoms with Crippen LogP contribution in [0.5, 0.6) is 0 Å². The molecule has 0 radical (unpaired) electrons. The molecule has 2 aliphatic heterocycles. The molecule has 0 aromatic heterocycles. The third-order valence-electron chi connectivity index (χ3n) is 5.38. The third-order valence-corrected chi connectivity index (χ3v) is 5.38. The van der Waals surface area contributed by atoms with Crippen molar-refractivity contribution in [3.05, 3.63) is 0 Å². The molecule has 3 fully saturated rings. The number of nitrogens with zero attached hydrogens (tertiary/aromatic N) is 3. The van der Waals surface area contributed by atoms with E-state index in [1.54, 1.807) is 16.8 Å². The number of rotatable bonds is 5. The first-order valence-corrected chi connectivity index (χ1v) is 8.64. The Morgan fingerprint density at radius 1 is 1.18 bits per heavy atom. The van der Waals surface area contributed by atoms with E-state index in [1.165, 1.54) is 38.6 Å². The standard InChI is InChI=1S/C16H28N4O2/c1-18-8-9-20(16(18)22)12-15(21)17-10-13-6-7-19(11-13)14-4-2-3-5-14/h13-14H,2-12H2,1H3,(H,17,21)/t13-/m0/s1. The highest BCUT2D eigenvalue weighted by Crippen LogP contribution is 2.28. The number of urea groups is 1. The van der Waals surface area contributed by atoms with E-state index in [2.05, 4.69) is 10.2 Å². The van der Waals surface area contributed by atoms with Crippen LogP contribution in [-0.4, -0.2) is 79.0 Å². The number of hydrogen-bond acceptors (Lipinski definition) is 3. The predicted octanol–water partition coefficient (Wildman–Crippen LogP) is 0.735. The molecule has 1 aliphatic carbocycles. The van der Waals surface area contributed by atoms with Crippen LogP contribution in [-0.2, 0) is 4.79 Å². The van der Waals surface area contributed by atoms with Gasteiger partial charge in [-0.05, 0) is 31.7 Å². The van der Waals surface area contributed by atoms with E-state index >= 15 is 0 Å². The molecule has 3 aliphatic rings. The van der Waals surface area contributed by atoms with Crippen molar-refractivity contribution in [2.24, 2.45) is 5.92 Å². The number of hydrogen-bond donors (Lipinski definition) is 1. The normalized spacial score (nSPS) is 27.1. The lowest BCUT2D eigenvalue weighted by molar-refractivity contribution is -0.121. The molecule has 22 heavy (non-hydrogen) atoms. The summed E-state index contributed by atoms with van der Waals surface area (Å²) in [5.41, 5.74) is 0. The smallest absolute Gasteiger partial charge is 0.320 e. The second kappa shape index (κ2) is 6.86. The molecule has 6 nitrogen and oxygen atoms in total. The highest BCUT2D eigenvalue weighted by atomic mass is 16.2. The second-order valence-corrected chi connectivity index (χ2v) is 7.02. The largest absolute Gasteiger partial charge is 0.354 e. The molecule has 1 saturated carbocycles. The molecule has 1 N–H and O–H groups in total. The van der Waals surface area contributed by atoms with Gasteiger partial charge in [-0.1, -0.05) is 12.8 Å². The number of likely N-dealkylation sites (N-methyl/N-ethyl adjacent to an activating group) is 1. The molecule has 6 heteroatoms. The molecule has 0 spiro atoms. The lowest BCUT2D eigenvalue weighted by Gasteiger charge is -2.23. The average molecular weight is 308 g/mol. The minimum Gasteiger partial charge on any atom is -0.354 e. The molecular formula is C16H28N4O2. The van der Waals surface area contributed by atoms with Crippen molar-refractivity contribution >= 4 is 11.9 Å². The molecule has 3 amide bonds. The van der Waals surface area contributed by atoms with Crippen molar-refractivity contribution in [3.8, 4) is 0 Å². The van der Waals surface area contributed by atoms with Crippen LogP contribution in [0.1, 0.15) is 32.1 Å². The predicted molar refractivity (Wildman–Crippen MR) is 84.5 cm³/mol. The summed E-state index contributed by atoms with van der Waals surface area (Å²) in [5.74, 6) is 0.546. The Morgan fingerprint density at radius 3 is 2.64 bits per heavy atom. The highest BCUT2D eigenvalue weighted by molar-refractivity contribution is 5.84. The second-order valence-electron chi connectivity index (χ2n) is 7.02. The Kier molecular flexibility index (Phi) is 4.86. The fourth-order valence-electron chi connectivity index (χ4n) is 3.97. The van der Waals surface area contributed by atoms with Crippen LogP contribution in [0, 0.1) is 5.92 Å². The third kappa shape index (κ3) is 3.54. The van der Waals surface area contributed by atoms with Gasteiger partial charge >= 0.3 is 6.03 Å². The number of carbonyl (C=O) groups excluding carboxylic acids is 2. The fourth-order valence-corrected chi connectivity index (χ4v) is 3.97. The van der Waals surface area contributed by atoms with Gasteiger partial charge in [-0.15, -0.1) is 0 Å². The molecular weight excluding hydrogens is 280 g/mol. The zero-order valence-corrected chi connectivity index (χ0v) is 13.6. The molecule has 0 unspecified atom stereocenters. The first kappa shape index (κ1) is 15.6. The summed E-state index contributed by atoms with van der Waals surface area (Å²) < 4.78 is 0. The topological polar surface area (TPSA) is 55.9 Å². The molecule has 2 heterocycles. The van der Waals surface area contributed by atoms with Gasteiger partial charge in [-0.3, -0.25) is 4.79 Å². The maximum Gasteiger partial charge on any atom is 0.320 e. The highest BCUT2D eigenvalue weighted by Gasteiger charge is 2.30. The molecule has 0 bridgehead atoms. The van der Waals surface area contributed by atoms with Crippen molar-refractivity contribution in [1.82, 2.24) is 20.0 Å². The van der Waals surface area contributed by atoms with Crippen LogP contribution < -0.4 is 5.32 Å². The summed E-state index contributed by atoms with van der Waals surface area (Å²) in [7, 11) is 1.77. The SMILES string of the molecule is CN1CCN(CC(=O)NC[C@@H]2CCN(C3CCCC3)C2)C1=O. The molecule has 1 atom stereocenters. The van der Waals surface area contributed by atoms with Gasteiger partial charge in [0.15, 0.2) is 0 Å². The van der Waals surface area contributed by atoms with E-state index in [1.807, 2.05) is 0 Å². The first-order chi connectivity index (χ1) is 10.6. The monoisotopic (exact) mass is 308 g/mol. The molecule has 0 aromatic carbocycles. The lowest BCUT2D eigenvalue weighted by atomic mass is 10.1. The number of nitrogens with one attached hydrogen (secondary N) is 1. The van der Waals surface area contributed by atoms with Crippen LogP contribution in [0.15, 0.2) is 0 Å². The minimum absolute atomic E-state index is 0.0250. The summed E-state index contributed by atoms with van der Waals surface area (Å²) in [5, 5.41) is 3.02. The van der Waals surface area contributed by atoms with Crippen molar-refractivity contribution in [3.63, 3.8) is 0 Å². The van der Waals surface area contributed by atoms with Crippen LogP contribution in [0.2, 0.25) is 0 Å². The summed E-state index contributed by atoms with van der Waals surface area (Å²) >= 11 is 0. The van der Waals surface area contributed by atoms with Gasteiger partial charge in [0.25, 0.3) is 0 Å². The van der Waals surface area contributed by atoms with E-state index in [4.69, 9.17) is 0 Å². The summed E-state index contributed by atoms with van der Waals surface area (Å²) in [4.78, 5) is 29.7. The maximum absolute atomic E-state index is 12.0. The van der Waals surface area contributed by atoms with Crippen LogP contribution in [0.4, 0.5) is 4.79 Å². The number of likely N-dealkylation sites (tertiary alicyclic amines) is 1. The van der Waals surface area contributed by atoms with E-state index in [9.17, 15) is 9.59 Å². The average Bonchev–Trinajstić information content (AvgIpc) is 3.22.